The number of para-hydroxylation sites is 1. The molecule has 0 spiro atoms. The standard InChI is InChI=1S/C46H37N/c1-45(2)41-20-12-9-18-37(41)39-27-32-26-33(23-22-31(32)28-42(39)45)47(44-21-13-10-16-35(44)30-14-6-5-7-15-30)34-24-25-38-36-17-8-11-19-40(36)46(3,4)43(38)29-34/h5-29H,1-4H3. The molecule has 0 aromatic heterocycles. The molecule has 7 aromatic rings. The fraction of sp³-hybridized carbons (Fsp3) is 0.130. The first-order valence-electron chi connectivity index (χ1n) is 16.7. The monoisotopic (exact) mass is 603 g/mol. The number of hydrogen-bond acceptors (Lipinski definition) is 1. The zero-order valence-corrected chi connectivity index (χ0v) is 27.4. The van der Waals surface area contributed by atoms with Gasteiger partial charge in [-0.3, -0.25) is 0 Å². The van der Waals surface area contributed by atoms with Gasteiger partial charge in [-0.05, 0) is 103 Å². The number of rotatable bonds is 4. The Kier molecular flexibility index (Phi) is 5.96. The minimum atomic E-state index is -0.0866. The van der Waals surface area contributed by atoms with E-state index < -0.39 is 0 Å². The van der Waals surface area contributed by atoms with Crippen molar-refractivity contribution in [2.75, 3.05) is 4.90 Å². The molecule has 1 heteroatoms. The molecule has 2 aliphatic rings. The van der Waals surface area contributed by atoms with Crippen LogP contribution in [0.1, 0.15) is 49.9 Å². The van der Waals surface area contributed by atoms with Crippen molar-refractivity contribution in [2.45, 2.75) is 38.5 Å². The predicted octanol–water partition coefficient (Wildman–Crippen LogP) is 12.6. The molecule has 0 atom stereocenters. The van der Waals surface area contributed by atoms with E-state index in [1.54, 1.807) is 0 Å². The second-order valence-electron chi connectivity index (χ2n) is 14.2. The molecule has 0 unspecified atom stereocenters. The van der Waals surface area contributed by atoms with Crippen LogP contribution in [-0.4, -0.2) is 0 Å². The lowest BCUT2D eigenvalue weighted by Crippen LogP contribution is -2.17. The second kappa shape index (κ2) is 10.0. The Balaban J connectivity index is 1.27. The van der Waals surface area contributed by atoms with Gasteiger partial charge in [0.15, 0.2) is 0 Å². The Morgan fingerprint density at radius 3 is 1.62 bits per heavy atom. The Morgan fingerprint density at radius 2 is 0.894 bits per heavy atom. The molecule has 0 radical (unpaired) electrons. The van der Waals surface area contributed by atoms with E-state index >= 15 is 0 Å². The summed E-state index contributed by atoms with van der Waals surface area (Å²) in [6, 6.07) is 56.3. The van der Waals surface area contributed by atoms with Crippen LogP contribution in [0.5, 0.6) is 0 Å². The summed E-state index contributed by atoms with van der Waals surface area (Å²) in [4.78, 5) is 2.46. The zero-order chi connectivity index (χ0) is 31.9. The van der Waals surface area contributed by atoms with Crippen molar-refractivity contribution < 1.29 is 0 Å². The van der Waals surface area contributed by atoms with Gasteiger partial charge in [0.25, 0.3) is 0 Å². The van der Waals surface area contributed by atoms with E-state index in [2.05, 4.69) is 184 Å². The van der Waals surface area contributed by atoms with E-state index in [4.69, 9.17) is 0 Å². The van der Waals surface area contributed by atoms with Gasteiger partial charge in [0, 0.05) is 27.8 Å². The highest BCUT2D eigenvalue weighted by atomic mass is 15.1. The van der Waals surface area contributed by atoms with E-state index in [1.807, 2.05) is 0 Å². The van der Waals surface area contributed by atoms with Crippen molar-refractivity contribution in [1.29, 1.82) is 0 Å². The zero-order valence-electron chi connectivity index (χ0n) is 27.4. The van der Waals surface area contributed by atoms with Crippen LogP contribution in [0.2, 0.25) is 0 Å². The normalized spacial score (nSPS) is 14.7. The third-order valence-electron chi connectivity index (χ3n) is 10.8. The molecule has 0 saturated carbocycles. The van der Waals surface area contributed by atoms with Crippen molar-refractivity contribution >= 4 is 27.8 Å². The van der Waals surface area contributed by atoms with Crippen LogP contribution in [0.4, 0.5) is 17.1 Å². The highest BCUT2D eigenvalue weighted by Gasteiger charge is 2.37. The van der Waals surface area contributed by atoms with Gasteiger partial charge in [-0.15, -0.1) is 0 Å². The van der Waals surface area contributed by atoms with Crippen molar-refractivity contribution in [2.24, 2.45) is 0 Å². The van der Waals surface area contributed by atoms with Crippen LogP contribution in [-0.2, 0) is 10.8 Å². The molecule has 1 nitrogen and oxygen atoms in total. The molecule has 0 N–H and O–H groups in total. The summed E-state index contributed by atoms with van der Waals surface area (Å²) in [6.45, 7) is 9.43. The average Bonchev–Trinajstić information content (AvgIpc) is 3.47. The van der Waals surface area contributed by atoms with Crippen molar-refractivity contribution in [3.63, 3.8) is 0 Å². The molecule has 0 amide bonds. The number of nitrogens with zero attached hydrogens (tertiary/aromatic N) is 1. The topological polar surface area (TPSA) is 3.24 Å². The maximum Gasteiger partial charge on any atom is 0.0540 e. The molecule has 7 aromatic carbocycles. The van der Waals surface area contributed by atoms with Crippen LogP contribution >= 0.6 is 0 Å². The Bertz CT molecular complexity index is 2360. The minimum absolute atomic E-state index is 0.0196. The molecule has 226 valence electrons. The SMILES string of the molecule is CC1(C)c2ccccc2-c2ccc(N(c3ccc4cc5c(cc4c3)-c3ccccc3C5(C)C)c3ccccc3-c3ccccc3)cc21. The molecule has 0 saturated heterocycles. The van der Waals surface area contributed by atoms with Gasteiger partial charge >= 0.3 is 0 Å². The number of anilines is 3. The van der Waals surface area contributed by atoms with E-state index in [9.17, 15) is 0 Å². The molecular weight excluding hydrogens is 567 g/mol. The highest BCUT2D eigenvalue weighted by Crippen LogP contribution is 2.52. The lowest BCUT2D eigenvalue weighted by molar-refractivity contribution is 0.660. The van der Waals surface area contributed by atoms with Gasteiger partial charge in [-0.1, -0.05) is 137 Å². The molecule has 0 aliphatic heterocycles. The van der Waals surface area contributed by atoms with Crippen LogP contribution in [0.3, 0.4) is 0 Å². The highest BCUT2D eigenvalue weighted by molar-refractivity contribution is 5.98. The van der Waals surface area contributed by atoms with Gasteiger partial charge in [0.1, 0.15) is 0 Å². The van der Waals surface area contributed by atoms with Gasteiger partial charge in [-0.25, -0.2) is 0 Å². The lowest BCUT2D eigenvalue weighted by Gasteiger charge is -2.30. The van der Waals surface area contributed by atoms with Crippen molar-refractivity contribution in [1.82, 2.24) is 0 Å². The third kappa shape index (κ3) is 4.09. The largest absolute Gasteiger partial charge is 0.310 e. The summed E-state index contributed by atoms with van der Waals surface area (Å²) in [5.74, 6) is 0. The predicted molar refractivity (Wildman–Crippen MR) is 199 cm³/mol. The average molecular weight is 604 g/mol. The summed E-state index contributed by atoms with van der Waals surface area (Å²) < 4.78 is 0. The minimum Gasteiger partial charge on any atom is -0.310 e. The van der Waals surface area contributed by atoms with Gasteiger partial charge < -0.3 is 4.90 Å². The Morgan fingerprint density at radius 1 is 0.362 bits per heavy atom. The van der Waals surface area contributed by atoms with Crippen molar-refractivity contribution in [3.05, 3.63) is 174 Å². The summed E-state index contributed by atoms with van der Waals surface area (Å²) in [5, 5.41) is 2.53. The molecule has 0 fully saturated rings. The third-order valence-corrected chi connectivity index (χ3v) is 10.8. The molecular formula is C46H37N. The van der Waals surface area contributed by atoms with E-state index in [-0.39, 0.29) is 10.8 Å². The number of fused-ring (bicyclic) bond motifs is 7. The maximum atomic E-state index is 2.46. The van der Waals surface area contributed by atoms with Crippen molar-refractivity contribution in [3.8, 4) is 33.4 Å². The molecule has 0 bridgehead atoms. The van der Waals surface area contributed by atoms with Gasteiger partial charge in [0.05, 0.1) is 5.69 Å². The van der Waals surface area contributed by atoms with E-state index in [0.717, 1.165) is 5.69 Å². The summed E-state index contributed by atoms with van der Waals surface area (Å²) in [5.41, 5.74) is 16.8. The molecule has 47 heavy (non-hydrogen) atoms. The first kappa shape index (κ1) is 27.9. The Hall–Kier alpha value is -5.40. The fourth-order valence-electron chi connectivity index (χ4n) is 8.36. The molecule has 2 aliphatic carbocycles. The van der Waals surface area contributed by atoms with Gasteiger partial charge in [-0.2, -0.15) is 0 Å². The lowest BCUT2D eigenvalue weighted by atomic mass is 9.82. The van der Waals surface area contributed by atoms with Crippen LogP contribution in [0.15, 0.2) is 152 Å². The van der Waals surface area contributed by atoms with Crippen LogP contribution in [0, 0.1) is 0 Å². The van der Waals surface area contributed by atoms with E-state index in [1.165, 1.54) is 77.8 Å². The van der Waals surface area contributed by atoms with E-state index in [0.29, 0.717) is 0 Å². The maximum absolute atomic E-state index is 2.46. The number of hydrogen-bond donors (Lipinski definition) is 0. The molecule has 9 rings (SSSR count). The second-order valence-corrected chi connectivity index (χ2v) is 14.2. The summed E-state index contributed by atoms with van der Waals surface area (Å²) in [6.07, 6.45) is 0. The summed E-state index contributed by atoms with van der Waals surface area (Å²) >= 11 is 0. The molecule has 0 heterocycles. The first-order chi connectivity index (χ1) is 22.8. The van der Waals surface area contributed by atoms with Crippen LogP contribution < -0.4 is 4.90 Å². The van der Waals surface area contributed by atoms with Crippen LogP contribution in [0.25, 0.3) is 44.2 Å². The van der Waals surface area contributed by atoms with Gasteiger partial charge in [0.2, 0.25) is 0 Å². The smallest absolute Gasteiger partial charge is 0.0540 e. The fourth-order valence-corrected chi connectivity index (χ4v) is 8.36. The first-order valence-corrected chi connectivity index (χ1v) is 16.7. The quantitative estimate of drug-likeness (QED) is 0.193. The number of benzene rings is 7. The Labute approximate surface area is 277 Å². The summed E-state index contributed by atoms with van der Waals surface area (Å²) in [7, 11) is 0.